The fourth-order valence-electron chi connectivity index (χ4n) is 3.66. The summed E-state index contributed by atoms with van der Waals surface area (Å²) < 4.78 is 54.0. The summed E-state index contributed by atoms with van der Waals surface area (Å²) in [5.74, 6) is 0.0494. The van der Waals surface area contributed by atoms with Crippen LogP contribution in [-0.2, 0) is 15.7 Å². The Morgan fingerprint density at radius 3 is 2.50 bits per heavy atom. The predicted molar refractivity (Wildman–Crippen MR) is 122 cm³/mol. The normalized spacial score (nSPS) is 16.7. The van der Waals surface area contributed by atoms with Crippen molar-refractivity contribution in [1.29, 1.82) is 0 Å². The molecule has 0 saturated carbocycles. The first-order valence-corrected chi connectivity index (χ1v) is 11.5. The molecule has 0 bridgehead atoms. The lowest BCUT2D eigenvalue weighted by Crippen LogP contribution is -2.12. The molecule has 0 saturated heterocycles. The summed E-state index contributed by atoms with van der Waals surface area (Å²) in [5.41, 5.74) is 1.64. The summed E-state index contributed by atoms with van der Waals surface area (Å²) in [6.45, 7) is 0.458. The minimum atomic E-state index is -4.34. The van der Waals surface area contributed by atoms with Crippen molar-refractivity contribution in [3.63, 3.8) is 0 Å². The van der Waals surface area contributed by atoms with Crippen molar-refractivity contribution in [2.45, 2.75) is 30.2 Å². The molecule has 0 radical (unpaired) electrons. The van der Waals surface area contributed by atoms with E-state index in [2.05, 4.69) is 5.16 Å². The number of esters is 1. The third kappa shape index (κ3) is 5.83. The molecule has 0 spiro atoms. The van der Waals surface area contributed by atoms with Gasteiger partial charge in [0, 0.05) is 22.1 Å². The van der Waals surface area contributed by atoms with Gasteiger partial charge in [-0.25, -0.2) is 0 Å². The molecule has 2 aromatic carbocycles. The van der Waals surface area contributed by atoms with Crippen molar-refractivity contribution < 1.29 is 32.0 Å². The van der Waals surface area contributed by atoms with E-state index in [-0.39, 0.29) is 23.6 Å². The summed E-state index contributed by atoms with van der Waals surface area (Å²) in [7, 11) is 1.35. The van der Waals surface area contributed by atoms with Gasteiger partial charge in [0.2, 0.25) is 0 Å². The van der Waals surface area contributed by atoms with Gasteiger partial charge in [-0.2, -0.15) is 13.2 Å². The van der Waals surface area contributed by atoms with Gasteiger partial charge in [0.1, 0.15) is 18.6 Å². The third-order valence-electron chi connectivity index (χ3n) is 5.49. The van der Waals surface area contributed by atoms with E-state index in [0.717, 1.165) is 34.6 Å². The molecule has 0 amide bonds. The van der Waals surface area contributed by atoms with E-state index in [1.807, 2.05) is 30.3 Å². The second kappa shape index (κ2) is 10.4. The first-order valence-electron chi connectivity index (χ1n) is 10.6. The molecule has 0 aliphatic carbocycles. The molecular weight excluding hydrogens is 467 g/mol. The van der Waals surface area contributed by atoms with Crippen molar-refractivity contribution in [2.24, 2.45) is 0 Å². The zero-order valence-electron chi connectivity index (χ0n) is 18.2. The summed E-state index contributed by atoms with van der Waals surface area (Å²) in [4.78, 5) is 12.8. The van der Waals surface area contributed by atoms with E-state index in [4.69, 9.17) is 14.0 Å². The van der Waals surface area contributed by atoms with Crippen molar-refractivity contribution in [1.82, 2.24) is 5.16 Å². The van der Waals surface area contributed by atoms with Gasteiger partial charge in [0.15, 0.2) is 0 Å². The first kappa shape index (κ1) is 23.9. The molecule has 1 aliphatic rings. The van der Waals surface area contributed by atoms with Crippen LogP contribution in [0.3, 0.4) is 0 Å². The highest BCUT2D eigenvalue weighted by Crippen LogP contribution is 2.40. The van der Waals surface area contributed by atoms with Crippen LogP contribution >= 0.6 is 11.8 Å². The van der Waals surface area contributed by atoms with Gasteiger partial charge in [0.05, 0.1) is 24.8 Å². The molecule has 1 unspecified atom stereocenters. The van der Waals surface area contributed by atoms with Crippen LogP contribution in [0.25, 0.3) is 4.91 Å². The quantitative estimate of drug-likeness (QED) is 0.346. The van der Waals surface area contributed by atoms with E-state index in [0.29, 0.717) is 18.1 Å². The summed E-state index contributed by atoms with van der Waals surface area (Å²) >= 11 is 1.60. The van der Waals surface area contributed by atoms with E-state index in [9.17, 15) is 18.0 Å². The molecule has 1 aromatic heterocycles. The number of carbonyl (C=O) groups excluding carboxylic acids is 1. The van der Waals surface area contributed by atoms with Gasteiger partial charge in [-0.15, -0.1) is 11.8 Å². The highest BCUT2D eigenvalue weighted by Gasteiger charge is 2.30. The number of rotatable bonds is 8. The third-order valence-corrected chi connectivity index (χ3v) is 6.81. The molecule has 2 atom stereocenters. The van der Waals surface area contributed by atoms with E-state index in [1.165, 1.54) is 25.5 Å². The molecule has 2 heterocycles. The molecule has 34 heavy (non-hydrogen) atoms. The lowest BCUT2D eigenvalue weighted by atomic mass is 9.92. The molecule has 178 valence electrons. The van der Waals surface area contributed by atoms with Crippen LogP contribution < -0.4 is 4.74 Å². The maximum Gasteiger partial charge on any atom is 0.416 e. The Labute approximate surface area is 198 Å². The number of halogens is 3. The average Bonchev–Trinajstić information content (AvgIpc) is 3.53. The number of carbonyl (C=O) groups is 1. The summed E-state index contributed by atoms with van der Waals surface area (Å²) in [6.07, 6.45) is 0.0614. The summed E-state index contributed by atoms with van der Waals surface area (Å²) in [6, 6.07) is 14.4. The fraction of sp³-hybridized carbons (Fsp3) is 0.280. The lowest BCUT2D eigenvalue weighted by molar-refractivity contribution is -0.141. The van der Waals surface area contributed by atoms with Crippen molar-refractivity contribution in [3.05, 3.63) is 89.3 Å². The number of benzene rings is 2. The predicted octanol–water partition coefficient (Wildman–Crippen LogP) is 6.31. The van der Waals surface area contributed by atoms with Crippen molar-refractivity contribution in [3.8, 4) is 5.75 Å². The van der Waals surface area contributed by atoms with Crippen LogP contribution in [0.4, 0.5) is 13.2 Å². The van der Waals surface area contributed by atoms with Crippen LogP contribution in [0.15, 0.2) is 71.5 Å². The van der Waals surface area contributed by atoms with Crippen LogP contribution in [-0.4, -0.2) is 30.1 Å². The topological polar surface area (TPSA) is 61.6 Å². The van der Waals surface area contributed by atoms with Gasteiger partial charge in [-0.05, 0) is 41.8 Å². The minimum absolute atomic E-state index is 0.139. The number of aromatic nitrogens is 1. The minimum Gasteiger partial charge on any atom is -0.492 e. The van der Waals surface area contributed by atoms with Crippen LogP contribution in [0.1, 0.15) is 41.1 Å². The monoisotopic (exact) mass is 489 g/mol. The lowest BCUT2D eigenvalue weighted by Gasteiger charge is -2.15. The molecule has 1 aliphatic heterocycles. The Kier molecular flexibility index (Phi) is 7.31. The number of nitrogens with zero attached hydrogens (tertiary/aromatic N) is 1. The number of alkyl halides is 3. The molecule has 3 aromatic rings. The fourth-order valence-corrected chi connectivity index (χ4v) is 4.81. The number of ether oxygens (including phenoxy) is 2. The Morgan fingerprint density at radius 2 is 1.88 bits per heavy atom. The molecular formula is C25H22F3NO4S. The van der Waals surface area contributed by atoms with Gasteiger partial charge < -0.3 is 14.0 Å². The average molecular weight is 490 g/mol. The molecule has 0 fully saturated rings. The second-order valence-corrected chi connectivity index (χ2v) is 9.10. The number of thioether (sulfide) groups is 1. The number of hydrogen-bond donors (Lipinski definition) is 0. The first-order chi connectivity index (χ1) is 16.3. The van der Waals surface area contributed by atoms with E-state index in [1.54, 1.807) is 17.8 Å². The molecule has 0 N–H and O–H groups in total. The number of allylic oxidation sites excluding steroid dienone is 1. The molecule has 4 rings (SSSR count). The SMILES string of the molecule is COC(=O)C[C@@H](c1ccc(OCC2CC=C(c3ccc(C(F)(F)F)cc3)S2)cc1)c1ccon1. The van der Waals surface area contributed by atoms with Gasteiger partial charge >= 0.3 is 12.1 Å². The van der Waals surface area contributed by atoms with E-state index < -0.39 is 11.7 Å². The Balaban J connectivity index is 1.33. The Morgan fingerprint density at radius 1 is 1.15 bits per heavy atom. The molecule has 5 nitrogen and oxygen atoms in total. The van der Waals surface area contributed by atoms with Crippen LogP contribution in [0, 0.1) is 0 Å². The van der Waals surface area contributed by atoms with Gasteiger partial charge in [-0.3, -0.25) is 4.79 Å². The zero-order chi connectivity index (χ0) is 24.1. The van der Waals surface area contributed by atoms with Crippen molar-refractivity contribution in [2.75, 3.05) is 13.7 Å². The van der Waals surface area contributed by atoms with Gasteiger partial charge in [0.25, 0.3) is 0 Å². The van der Waals surface area contributed by atoms with Crippen LogP contribution in [0.5, 0.6) is 5.75 Å². The highest BCUT2D eigenvalue weighted by atomic mass is 32.2. The number of methoxy groups -OCH3 is 1. The summed E-state index contributed by atoms with van der Waals surface area (Å²) in [5, 5.41) is 4.13. The Bertz CT molecular complexity index is 1130. The smallest absolute Gasteiger partial charge is 0.416 e. The standard InChI is InChI=1S/C25H22F3NO4S/c1-31-24(30)14-21(22-12-13-33-29-22)16-4-8-19(9-5-16)32-15-20-10-11-23(34-20)17-2-6-18(7-3-17)25(26,27)28/h2-9,11-13,20-21H,10,14-15H2,1H3/t20?,21-/m0/s1. The Hall–Kier alpha value is -3.20. The van der Waals surface area contributed by atoms with Gasteiger partial charge in [-0.1, -0.05) is 35.5 Å². The largest absolute Gasteiger partial charge is 0.492 e. The van der Waals surface area contributed by atoms with E-state index >= 15 is 0 Å². The van der Waals surface area contributed by atoms with Crippen molar-refractivity contribution >= 4 is 22.6 Å². The van der Waals surface area contributed by atoms with Crippen LogP contribution in [0.2, 0.25) is 0 Å². The molecule has 9 heteroatoms. The number of hydrogen-bond acceptors (Lipinski definition) is 6. The highest BCUT2D eigenvalue weighted by molar-refractivity contribution is 8.09. The zero-order valence-corrected chi connectivity index (χ0v) is 19.1. The second-order valence-electron chi connectivity index (χ2n) is 7.76. The maximum absolute atomic E-state index is 12.8. The maximum atomic E-state index is 12.8.